The molecule has 0 N–H and O–H groups in total. The first kappa shape index (κ1) is 19.5. The van der Waals surface area contributed by atoms with Gasteiger partial charge in [-0.3, -0.25) is 9.59 Å². The Labute approximate surface area is 169 Å². The summed E-state index contributed by atoms with van der Waals surface area (Å²) < 4.78 is 5.26. The maximum atomic E-state index is 12.1. The van der Waals surface area contributed by atoms with Gasteiger partial charge in [0.15, 0.2) is 11.5 Å². The van der Waals surface area contributed by atoms with Gasteiger partial charge in [0.25, 0.3) is 0 Å². The lowest BCUT2D eigenvalue weighted by Crippen LogP contribution is -2.21. The fourth-order valence-corrected chi connectivity index (χ4v) is 3.28. The van der Waals surface area contributed by atoms with Crippen molar-refractivity contribution in [2.45, 2.75) is 0 Å². The summed E-state index contributed by atoms with van der Waals surface area (Å²) >= 11 is 46.6. The second-order valence-electron chi connectivity index (χ2n) is 3.93. The first-order chi connectivity index (χ1) is 10.6. The summed E-state index contributed by atoms with van der Waals surface area (Å²) in [6, 6.07) is 0. The van der Waals surface area contributed by atoms with Gasteiger partial charge in [-0.1, -0.05) is 92.8 Å². The molecule has 11 heteroatoms. The van der Waals surface area contributed by atoms with E-state index in [1.165, 1.54) is 0 Å². The maximum absolute atomic E-state index is 12.1. The van der Waals surface area contributed by atoms with Crippen LogP contribution >= 0.6 is 92.8 Å². The number of ketones is 2. The predicted molar refractivity (Wildman–Crippen MR) is 93.7 cm³/mol. The summed E-state index contributed by atoms with van der Waals surface area (Å²) in [6.45, 7) is 0. The van der Waals surface area contributed by atoms with Crippen LogP contribution in [0.4, 0.5) is 0 Å². The van der Waals surface area contributed by atoms with Crippen LogP contribution in [0.3, 0.4) is 0 Å². The van der Waals surface area contributed by atoms with Gasteiger partial charge in [0.05, 0.1) is 15.1 Å². The lowest BCUT2D eigenvalue weighted by molar-refractivity contribution is -0.116. The number of carbonyl (C=O) groups is 2. The Balaban J connectivity index is 2.61. The second-order valence-corrected chi connectivity index (χ2v) is 6.95. The fourth-order valence-electron chi connectivity index (χ4n) is 1.47. The summed E-state index contributed by atoms with van der Waals surface area (Å²) in [4.78, 5) is 23.9. The smallest absolute Gasteiger partial charge is 0.242 e. The van der Waals surface area contributed by atoms with Crippen molar-refractivity contribution in [2.75, 3.05) is 0 Å². The van der Waals surface area contributed by atoms with Gasteiger partial charge in [0.2, 0.25) is 11.6 Å². The molecule has 0 aliphatic heterocycles. The molecule has 0 bridgehead atoms. The third-order valence-electron chi connectivity index (χ3n) is 2.57. The van der Waals surface area contributed by atoms with Crippen molar-refractivity contribution >= 4 is 104 Å². The third kappa shape index (κ3) is 3.31. The van der Waals surface area contributed by atoms with Gasteiger partial charge in [-0.15, -0.1) is 0 Å². The number of carbonyl (C=O) groups excluding carboxylic acids is 2. The Morgan fingerprint density at radius 2 is 0.913 bits per heavy atom. The monoisotopic (exact) mass is 472 g/mol. The normalized spacial score (nSPS) is 15.7. The SMILES string of the molecule is O=C1C(Cl)=C(Cl)C(=O)C(Oc2c(Cl)c(Cl)c(Cl)c(Cl)c2Cl)=C1Cl. The minimum atomic E-state index is -0.935. The molecule has 122 valence electrons. The molecule has 0 saturated heterocycles. The van der Waals surface area contributed by atoms with E-state index in [-0.39, 0.29) is 30.9 Å². The molecule has 1 aromatic rings. The van der Waals surface area contributed by atoms with E-state index in [4.69, 9.17) is 97.5 Å². The first-order valence-electron chi connectivity index (χ1n) is 5.33. The zero-order valence-electron chi connectivity index (χ0n) is 10.2. The Kier molecular flexibility index (Phi) is 6.09. The van der Waals surface area contributed by atoms with Crippen LogP contribution in [-0.2, 0) is 9.59 Å². The zero-order valence-corrected chi connectivity index (χ0v) is 16.3. The van der Waals surface area contributed by atoms with Crippen LogP contribution in [-0.4, -0.2) is 11.6 Å². The number of ether oxygens (including phenoxy) is 1. The van der Waals surface area contributed by atoms with Crippen LogP contribution < -0.4 is 4.74 Å². The highest BCUT2D eigenvalue weighted by Crippen LogP contribution is 2.49. The van der Waals surface area contributed by atoms with Crippen molar-refractivity contribution < 1.29 is 14.3 Å². The molecule has 0 saturated carbocycles. The highest BCUT2D eigenvalue weighted by atomic mass is 35.5. The summed E-state index contributed by atoms with van der Waals surface area (Å²) in [5.41, 5.74) is 0. The average molecular weight is 476 g/mol. The number of rotatable bonds is 2. The minimum Gasteiger partial charge on any atom is -0.448 e. The summed E-state index contributed by atoms with van der Waals surface area (Å²) in [5, 5.41) is -2.60. The number of hydrogen-bond donors (Lipinski definition) is 0. The molecule has 0 unspecified atom stereocenters. The largest absolute Gasteiger partial charge is 0.448 e. The van der Waals surface area contributed by atoms with Gasteiger partial charge in [-0.05, 0) is 0 Å². The van der Waals surface area contributed by atoms with Crippen molar-refractivity contribution in [3.05, 3.63) is 46.0 Å². The van der Waals surface area contributed by atoms with Gasteiger partial charge in [-0.2, -0.15) is 0 Å². The van der Waals surface area contributed by atoms with Crippen molar-refractivity contribution in [1.82, 2.24) is 0 Å². The molecular weight excluding hydrogens is 476 g/mol. The Morgan fingerprint density at radius 1 is 0.522 bits per heavy atom. The number of allylic oxidation sites excluding steroid dienone is 3. The molecule has 0 fully saturated rings. The zero-order chi connectivity index (χ0) is 17.6. The molecule has 0 radical (unpaired) electrons. The number of hydrogen-bond acceptors (Lipinski definition) is 3. The lowest BCUT2D eigenvalue weighted by Gasteiger charge is -2.18. The van der Waals surface area contributed by atoms with E-state index >= 15 is 0 Å². The highest BCUT2D eigenvalue weighted by molar-refractivity contribution is 6.64. The second kappa shape index (κ2) is 7.19. The Morgan fingerprint density at radius 3 is 1.39 bits per heavy atom. The van der Waals surface area contributed by atoms with Crippen molar-refractivity contribution in [2.24, 2.45) is 0 Å². The van der Waals surface area contributed by atoms with E-state index in [1.54, 1.807) is 0 Å². The van der Waals surface area contributed by atoms with E-state index in [0.29, 0.717) is 0 Å². The molecule has 23 heavy (non-hydrogen) atoms. The van der Waals surface area contributed by atoms with Crippen molar-refractivity contribution in [3.63, 3.8) is 0 Å². The summed E-state index contributed by atoms with van der Waals surface area (Å²) in [7, 11) is 0. The lowest BCUT2D eigenvalue weighted by atomic mass is 10.1. The van der Waals surface area contributed by atoms with Crippen LogP contribution in [0, 0.1) is 0 Å². The number of Topliss-reactive ketones (excluding diaryl/α,β-unsaturated/α-hetero) is 2. The number of benzene rings is 1. The van der Waals surface area contributed by atoms with Crippen molar-refractivity contribution in [1.29, 1.82) is 0 Å². The van der Waals surface area contributed by atoms with E-state index in [2.05, 4.69) is 0 Å². The fraction of sp³-hybridized carbons (Fsp3) is 0. The summed E-state index contributed by atoms with van der Waals surface area (Å²) in [5.74, 6) is -2.77. The van der Waals surface area contributed by atoms with Crippen LogP contribution in [0.2, 0.25) is 25.1 Å². The topological polar surface area (TPSA) is 43.4 Å². The van der Waals surface area contributed by atoms with Gasteiger partial charge >= 0.3 is 0 Å². The van der Waals surface area contributed by atoms with Gasteiger partial charge in [0, 0.05) is 0 Å². The van der Waals surface area contributed by atoms with E-state index in [1.807, 2.05) is 0 Å². The molecule has 0 amide bonds. The maximum Gasteiger partial charge on any atom is 0.242 e. The molecule has 1 aliphatic rings. The quantitative estimate of drug-likeness (QED) is 0.274. The van der Waals surface area contributed by atoms with Crippen molar-refractivity contribution in [3.8, 4) is 5.75 Å². The van der Waals surface area contributed by atoms with E-state index < -0.39 is 32.4 Å². The molecule has 0 atom stereocenters. The standard InChI is InChI=1S/C12Cl8O3/c13-1-2(14)6(18)11(7(19)3(1)15)23-12-8(20)9(21)4(16)5(17)10(12)22. The Hall–Kier alpha value is 0.160. The van der Waals surface area contributed by atoms with Gasteiger partial charge in [-0.25, -0.2) is 0 Å². The molecule has 0 heterocycles. The molecular formula is C12Cl8O3. The molecule has 0 aromatic heterocycles. The molecule has 2 rings (SSSR count). The minimum absolute atomic E-state index is 0.109. The van der Waals surface area contributed by atoms with E-state index in [9.17, 15) is 9.59 Å². The molecule has 1 aromatic carbocycles. The van der Waals surface area contributed by atoms with Crippen LogP contribution in [0.25, 0.3) is 0 Å². The predicted octanol–water partition coefficient (Wildman–Crippen LogP) is 6.62. The van der Waals surface area contributed by atoms with Crippen LogP contribution in [0.15, 0.2) is 20.9 Å². The highest BCUT2D eigenvalue weighted by Gasteiger charge is 2.35. The third-order valence-corrected chi connectivity index (χ3v) is 5.97. The van der Waals surface area contributed by atoms with Crippen LogP contribution in [0.5, 0.6) is 5.75 Å². The molecule has 1 aliphatic carbocycles. The molecule has 3 nitrogen and oxygen atoms in total. The first-order valence-corrected chi connectivity index (χ1v) is 8.35. The van der Waals surface area contributed by atoms with Gasteiger partial charge < -0.3 is 4.74 Å². The Bertz CT molecular complexity index is 795. The van der Waals surface area contributed by atoms with E-state index in [0.717, 1.165) is 0 Å². The van der Waals surface area contributed by atoms with Crippen LogP contribution in [0.1, 0.15) is 0 Å². The van der Waals surface area contributed by atoms with Gasteiger partial charge in [0.1, 0.15) is 25.1 Å². The average Bonchev–Trinajstić information content (AvgIpc) is 2.54. The number of halogens is 8. The summed E-state index contributed by atoms with van der Waals surface area (Å²) in [6.07, 6.45) is 0. The molecule has 0 spiro atoms.